The number of nitrogens with one attached hydrogen (secondary N) is 1. The van der Waals surface area contributed by atoms with E-state index in [4.69, 9.17) is 0 Å². The van der Waals surface area contributed by atoms with E-state index in [-0.39, 0.29) is 0 Å². The van der Waals surface area contributed by atoms with Gasteiger partial charge in [-0.15, -0.1) is 0 Å². The third-order valence-electron chi connectivity index (χ3n) is 3.89. The number of aromatic nitrogens is 2. The largest absolute Gasteiger partial charge is 0.310 e. The Labute approximate surface area is 122 Å². The zero-order chi connectivity index (χ0) is 14.7. The van der Waals surface area contributed by atoms with Crippen LogP contribution in [0.4, 0.5) is 0 Å². The van der Waals surface area contributed by atoms with Gasteiger partial charge in [0.05, 0.1) is 5.69 Å². The molecular formula is C17H25N3. The van der Waals surface area contributed by atoms with E-state index in [0.29, 0.717) is 6.04 Å². The summed E-state index contributed by atoms with van der Waals surface area (Å²) in [7, 11) is 2.02. The second-order valence-electron chi connectivity index (χ2n) is 5.51. The lowest BCUT2D eigenvalue weighted by Crippen LogP contribution is -2.24. The molecule has 1 unspecified atom stereocenters. The predicted octanol–water partition coefficient (Wildman–Crippen LogP) is 3.24. The van der Waals surface area contributed by atoms with Crippen LogP contribution in [0.3, 0.4) is 0 Å². The van der Waals surface area contributed by atoms with Crippen LogP contribution in [0.1, 0.15) is 41.0 Å². The maximum atomic E-state index is 4.55. The molecule has 1 N–H and O–H groups in total. The van der Waals surface area contributed by atoms with E-state index >= 15 is 0 Å². The summed E-state index contributed by atoms with van der Waals surface area (Å²) in [5, 5.41) is 8.16. The zero-order valence-electron chi connectivity index (χ0n) is 13.2. The number of hydrogen-bond acceptors (Lipinski definition) is 2. The average Bonchev–Trinajstić information content (AvgIpc) is 2.63. The van der Waals surface area contributed by atoms with Gasteiger partial charge in [-0.25, -0.2) is 0 Å². The van der Waals surface area contributed by atoms with Gasteiger partial charge >= 0.3 is 0 Å². The molecule has 0 amide bonds. The van der Waals surface area contributed by atoms with Gasteiger partial charge in [0.25, 0.3) is 0 Å². The van der Waals surface area contributed by atoms with Crippen molar-refractivity contribution in [2.75, 3.05) is 6.54 Å². The molecule has 0 saturated carbocycles. The normalized spacial score (nSPS) is 12.7. The van der Waals surface area contributed by atoms with Crippen molar-refractivity contribution >= 4 is 0 Å². The molecule has 1 atom stereocenters. The molecule has 0 aliphatic rings. The minimum Gasteiger partial charge on any atom is -0.310 e. The van der Waals surface area contributed by atoms with Crippen LogP contribution in [0.5, 0.6) is 0 Å². The number of rotatable bonds is 5. The van der Waals surface area contributed by atoms with Crippen molar-refractivity contribution in [1.82, 2.24) is 15.1 Å². The first-order valence-electron chi connectivity index (χ1n) is 7.32. The van der Waals surface area contributed by atoms with Crippen molar-refractivity contribution in [2.45, 2.75) is 40.2 Å². The van der Waals surface area contributed by atoms with Gasteiger partial charge in [0.15, 0.2) is 0 Å². The van der Waals surface area contributed by atoms with Gasteiger partial charge in [-0.05, 0) is 39.3 Å². The number of likely N-dealkylation sites (N-methyl/N-ethyl adjacent to an activating group) is 1. The topological polar surface area (TPSA) is 29.9 Å². The van der Waals surface area contributed by atoms with Crippen LogP contribution in [-0.2, 0) is 13.5 Å². The molecule has 0 saturated heterocycles. The molecule has 1 heterocycles. The van der Waals surface area contributed by atoms with Crippen molar-refractivity contribution in [1.29, 1.82) is 0 Å². The lowest BCUT2D eigenvalue weighted by atomic mass is 9.96. The van der Waals surface area contributed by atoms with Gasteiger partial charge in [0, 0.05) is 24.3 Å². The first kappa shape index (κ1) is 14.8. The van der Waals surface area contributed by atoms with Gasteiger partial charge in [0.2, 0.25) is 0 Å². The molecule has 0 aliphatic carbocycles. The molecule has 3 heteroatoms. The molecule has 2 aromatic rings. The summed E-state index contributed by atoms with van der Waals surface area (Å²) >= 11 is 0. The number of aryl methyl sites for hydroxylation is 3. The van der Waals surface area contributed by atoms with Crippen LogP contribution in [-0.4, -0.2) is 16.3 Å². The summed E-state index contributed by atoms with van der Waals surface area (Å²) in [6, 6.07) is 9.09. The molecule has 1 aromatic carbocycles. The van der Waals surface area contributed by atoms with E-state index in [2.05, 4.69) is 62.4 Å². The second kappa shape index (κ2) is 6.23. The minimum atomic E-state index is 0.329. The van der Waals surface area contributed by atoms with Crippen LogP contribution in [0.2, 0.25) is 0 Å². The van der Waals surface area contributed by atoms with Crippen LogP contribution in [0.25, 0.3) is 0 Å². The first-order chi connectivity index (χ1) is 9.52. The summed E-state index contributed by atoms with van der Waals surface area (Å²) in [6.07, 6.45) is 1.00. The van der Waals surface area contributed by atoms with Gasteiger partial charge in [-0.2, -0.15) is 5.10 Å². The van der Waals surface area contributed by atoms with E-state index in [1.165, 1.54) is 22.4 Å². The predicted molar refractivity (Wildman–Crippen MR) is 84.0 cm³/mol. The zero-order valence-corrected chi connectivity index (χ0v) is 13.2. The molecule has 0 spiro atoms. The maximum absolute atomic E-state index is 4.55. The molecule has 3 nitrogen and oxygen atoms in total. The van der Waals surface area contributed by atoms with E-state index in [9.17, 15) is 0 Å². The standard InChI is InChI=1S/C17H25N3/c1-6-18-16(11-15-9-7-8-12(2)10-15)17-13(3)19-20(5)14(17)4/h7-10,16,18H,6,11H2,1-5H3. The molecule has 20 heavy (non-hydrogen) atoms. The van der Waals surface area contributed by atoms with E-state index in [1.807, 2.05) is 11.7 Å². The Morgan fingerprint density at radius 1 is 1.25 bits per heavy atom. The lowest BCUT2D eigenvalue weighted by Gasteiger charge is -2.19. The Kier molecular flexibility index (Phi) is 4.61. The summed E-state index contributed by atoms with van der Waals surface area (Å²) in [5.74, 6) is 0. The van der Waals surface area contributed by atoms with E-state index in [1.54, 1.807) is 0 Å². The fourth-order valence-electron chi connectivity index (χ4n) is 2.89. The highest BCUT2D eigenvalue weighted by Gasteiger charge is 2.19. The molecule has 0 radical (unpaired) electrons. The quantitative estimate of drug-likeness (QED) is 0.904. The van der Waals surface area contributed by atoms with Gasteiger partial charge in [-0.1, -0.05) is 36.8 Å². The summed E-state index contributed by atoms with van der Waals surface area (Å²) in [5.41, 5.74) is 6.41. The minimum absolute atomic E-state index is 0.329. The van der Waals surface area contributed by atoms with Gasteiger partial charge in [0.1, 0.15) is 0 Å². The van der Waals surface area contributed by atoms with E-state index < -0.39 is 0 Å². The molecule has 0 bridgehead atoms. The molecule has 108 valence electrons. The Balaban J connectivity index is 2.31. The van der Waals surface area contributed by atoms with Gasteiger partial charge in [-0.3, -0.25) is 4.68 Å². The molecule has 0 fully saturated rings. The van der Waals surface area contributed by atoms with Crippen molar-refractivity contribution < 1.29 is 0 Å². The van der Waals surface area contributed by atoms with Crippen LogP contribution in [0, 0.1) is 20.8 Å². The first-order valence-corrected chi connectivity index (χ1v) is 7.32. The van der Waals surface area contributed by atoms with Crippen LogP contribution in [0.15, 0.2) is 24.3 Å². The number of benzene rings is 1. The smallest absolute Gasteiger partial charge is 0.0644 e. The van der Waals surface area contributed by atoms with Crippen molar-refractivity contribution in [3.8, 4) is 0 Å². The van der Waals surface area contributed by atoms with Crippen molar-refractivity contribution in [3.63, 3.8) is 0 Å². The van der Waals surface area contributed by atoms with Crippen LogP contribution >= 0.6 is 0 Å². The maximum Gasteiger partial charge on any atom is 0.0644 e. The summed E-state index contributed by atoms with van der Waals surface area (Å²) in [4.78, 5) is 0. The fourth-order valence-corrected chi connectivity index (χ4v) is 2.89. The third-order valence-corrected chi connectivity index (χ3v) is 3.89. The Bertz CT molecular complexity index is 584. The highest BCUT2D eigenvalue weighted by atomic mass is 15.3. The van der Waals surface area contributed by atoms with Crippen molar-refractivity contribution in [2.24, 2.45) is 7.05 Å². The Hall–Kier alpha value is -1.61. The average molecular weight is 271 g/mol. The monoisotopic (exact) mass is 271 g/mol. The third kappa shape index (κ3) is 3.10. The van der Waals surface area contributed by atoms with Crippen LogP contribution < -0.4 is 5.32 Å². The Morgan fingerprint density at radius 3 is 2.55 bits per heavy atom. The highest BCUT2D eigenvalue weighted by Crippen LogP contribution is 2.24. The summed E-state index contributed by atoms with van der Waals surface area (Å²) < 4.78 is 1.98. The second-order valence-corrected chi connectivity index (χ2v) is 5.51. The lowest BCUT2D eigenvalue weighted by molar-refractivity contribution is 0.544. The number of nitrogens with zero attached hydrogens (tertiary/aromatic N) is 2. The molecular weight excluding hydrogens is 246 g/mol. The summed E-state index contributed by atoms with van der Waals surface area (Å²) in [6.45, 7) is 9.51. The molecule has 2 rings (SSSR count). The molecule has 1 aromatic heterocycles. The highest BCUT2D eigenvalue weighted by molar-refractivity contribution is 5.31. The Morgan fingerprint density at radius 2 is 2.00 bits per heavy atom. The number of hydrogen-bond donors (Lipinski definition) is 1. The van der Waals surface area contributed by atoms with Gasteiger partial charge < -0.3 is 5.32 Å². The van der Waals surface area contributed by atoms with Crippen molar-refractivity contribution in [3.05, 3.63) is 52.3 Å². The fraction of sp³-hybridized carbons (Fsp3) is 0.471. The SMILES string of the molecule is CCNC(Cc1cccc(C)c1)c1c(C)nn(C)c1C. The van der Waals surface area contributed by atoms with E-state index in [0.717, 1.165) is 18.7 Å². The molecule has 0 aliphatic heterocycles.